The molecule has 2 heteroatoms. The highest BCUT2D eigenvalue weighted by atomic mass is 14.9. The smallest absolute Gasteiger partial charge is 0.0341 e. The molecule has 0 aromatic heterocycles. The van der Waals surface area contributed by atoms with E-state index < -0.39 is 0 Å². The molecule has 4 rings (SSSR count). The van der Waals surface area contributed by atoms with E-state index in [0.717, 1.165) is 47.5 Å². The fourth-order valence-electron chi connectivity index (χ4n) is 5.06. The molecule has 36 heavy (non-hydrogen) atoms. The van der Waals surface area contributed by atoms with Crippen molar-refractivity contribution in [1.82, 2.24) is 5.32 Å². The number of hydrogen-bond donors (Lipinski definition) is 2. The molecule has 2 aromatic rings. The van der Waals surface area contributed by atoms with Crippen molar-refractivity contribution in [3.8, 4) is 11.8 Å². The second-order valence-corrected chi connectivity index (χ2v) is 9.94. The largest absolute Gasteiger partial charge is 0.399 e. The molecule has 3 N–H and O–H groups in total. The predicted molar refractivity (Wildman–Crippen MR) is 154 cm³/mol. The molecule has 0 spiro atoms. The summed E-state index contributed by atoms with van der Waals surface area (Å²) < 4.78 is 0. The maximum absolute atomic E-state index is 5.70. The van der Waals surface area contributed by atoms with Crippen molar-refractivity contribution in [1.29, 1.82) is 0 Å². The van der Waals surface area contributed by atoms with Crippen LogP contribution >= 0.6 is 0 Å². The Morgan fingerprint density at radius 2 is 1.94 bits per heavy atom. The normalized spacial score (nSPS) is 15.9. The van der Waals surface area contributed by atoms with Crippen molar-refractivity contribution < 1.29 is 0 Å². The summed E-state index contributed by atoms with van der Waals surface area (Å²) in [5.74, 6) is 7.89. The molecule has 0 bridgehead atoms. The minimum atomic E-state index is 0.239. The summed E-state index contributed by atoms with van der Waals surface area (Å²) in [6.07, 6.45) is 17.4. The molecule has 1 saturated carbocycles. The van der Waals surface area contributed by atoms with Gasteiger partial charge in [0.1, 0.15) is 0 Å². The molecule has 2 aromatic carbocycles. The second-order valence-electron chi connectivity index (χ2n) is 9.94. The van der Waals surface area contributed by atoms with Crippen LogP contribution in [0.1, 0.15) is 85.1 Å². The molecule has 1 atom stereocenters. The number of allylic oxidation sites excluding steroid dienone is 6. The van der Waals surface area contributed by atoms with Crippen LogP contribution in [0.2, 0.25) is 0 Å². The van der Waals surface area contributed by atoms with Gasteiger partial charge in [0.25, 0.3) is 0 Å². The van der Waals surface area contributed by atoms with E-state index in [2.05, 4.69) is 85.8 Å². The molecule has 184 valence electrons. The Bertz CT molecular complexity index is 1260. The SMILES string of the molecule is C=C/C=C\C(C)c1ccc(C(=C)NCCCC2=CC(N)=C2)cc1C#Cc1cccc(C2CCCC2)c1. The maximum Gasteiger partial charge on any atom is 0.0341 e. The molecule has 0 aliphatic heterocycles. The fraction of sp³-hybridized carbons (Fsp3) is 0.294. The predicted octanol–water partition coefficient (Wildman–Crippen LogP) is 7.71. The van der Waals surface area contributed by atoms with Gasteiger partial charge in [-0.15, -0.1) is 0 Å². The summed E-state index contributed by atoms with van der Waals surface area (Å²) in [6.45, 7) is 11.2. The van der Waals surface area contributed by atoms with Gasteiger partial charge < -0.3 is 11.1 Å². The summed E-state index contributed by atoms with van der Waals surface area (Å²) >= 11 is 0. The molecular weight excluding hydrogens is 436 g/mol. The lowest BCUT2D eigenvalue weighted by Gasteiger charge is -2.15. The first-order valence-electron chi connectivity index (χ1n) is 13.2. The topological polar surface area (TPSA) is 38.0 Å². The average molecular weight is 475 g/mol. The van der Waals surface area contributed by atoms with Gasteiger partial charge in [0.05, 0.1) is 0 Å². The third kappa shape index (κ3) is 6.70. The van der Waals surface area contributed by atoms with Crippen molar-refractivity contribution in [3.05, 3.63) is 125 Å². The monoisotopic (exact) mass is 474 g/mol. The number of nitrogens with one attached hydrogen (secondary N) is 1. The maximum atomic E-state index is 5.70. The van der Waals surface area contributed by atoms with E-state index in [0.29, 0.717) is 5.92 Å². The summed E-state index contributed by atoms with van der Waals surface area (Å²) in [6, 6.07) is 15.3. The van der Waals surface area contributed by atoms with Crippen LogP contribution in [0.4, 0.5) is 0 Å². The summed E-state index contributed by atoms with van der Waals surface area (Å²) in [7, 11) is 0. The van der Waals surface area contributed by atoms with Crippen LogP contribution in [-0.4, -0.2) is 6.54 Å². The molecule has 1 fully saturated rings. The molecule has 0 amide bonds. The van der Waals surface area contributed by atoms with Crippen molar-refractivity contribution in [2.45, 2.75) is 57.3 Å². The summed E-state index contributed by atoms with van der Waals surface area (Å²) in [4.78, 5) is 0. The van der Waals surface area contributed by atoms with Gasteiger partial charge in [-0.05, 0) is 84.2 Å². The Morgan fingerprint density at radius 3 is 2.69 bits per heavy atom. The zero-order valence-electron chi connectivity index (χ0n) is 21.5. The molecular formula is C34H38N2. The van der Waals surface area contributed by atoms with Crippen LogP contribution in [0.15, 0.2) is 97.3 Å². The lowest BCUT2D eigenvalue weighted by molar-refractivity contribution is 0.723. The van der Waals surface area contributed by atoms with Gasteiger partial charge in [-0.25, -0.2) is 0 Å². The number of hydrogen-bond acceptors (Lipinski definition) is 2. The van der Waals surface area contributed by atoms with Crippen LogP contribution in [0.3, 0.4) is 0 Å². The number of rotatable bonds is 10. The van der Waals surface area contributed by atoms with Gasteiger partial charge in [0.2, 0.25) is 0 Å². The molecule has 0 heterocycles. The van der Waals surface area contributed by atoms with Gasteiger partial charge in [-0.3, -0.25) is 0 Å². The highest BCUT2D eigenvalue weighted by molar-refractivity contribution is 5.65. The first-order valence-corrected chi connectivity index (χ1v) is 13.2. The van der Waals surface area contributed by atoms with Crippen LogP contribution in [-0.2, 0) is 0 Å². The van der Waals surface area contributed by atoms with E-state index >= 15 is 0 Å². The van der Waals surface area contributed by atoms with E-state index in [-0.39, 0.29) is 5.92 Å². The Labute approximate surface area is 217 Å². The molecule has 2 nitrogen and oxygen atoms in total. The van der Waals surface area contributed by atoms with Crippen LogP contribution in [0, 0.1) is 11.8 Å². The highest BCUT2D eigenvalue weighted by Crippen LogP contribution is 2.34. The van der Waals surface area contributed by atoms with Gasteiger partial charge >= 0.3 is 0 Å². The zero-order valence-corrected chi connectivity index (χ0v) is 21.5. The van der Waals surface area contributed by atoms with Gasteiger partial charge in [-0.2, -0.15) is 0 Å². The molecule has 0 saturated heterocycles. The first-order chi connectivity index (χ1) is 17.5. The third-order valence-corrected chi connectivity index (χ3v) is 7.17. The lowest BCUT2D eigenvalue weighted by Crippen LogP contribution is -2.14. The first kappa shape index (κ1) is 25.4. The summed E-state index contributed by atoms with van der Waals surface area (Å²) in [5, 5.41) is 3.49. The Balaban J connectivity index is 1.51. The Morgan fingerprint density at radius 1 is 1.14 bits per heavy atom. The van der Waals surface area contributed by atoms with E-state index in [1.165, 1.54) is 42.4 Å². The second kappa shape index (κ2) is 12.3. The van der Waals surface area contributed by atoms with E-state index in [4.69, 9.17) is 5.73 Å². The molecule has 2 aliphatic rings. The summed E-state index contributed by atoms with van der Waals surface area (Å²) in [5.41, 5.74) is 14.7. The molecule has 1 unspecified atom stereocenters. The molecule has 0 radical (unpaired) electrons. The lowest BCUT2D eigenvalue weighted by atomic mass is 9.92. The third-order valence-electron chi connectivity index (χ3n) is 7.17. The standard InChI is InChI=1S/C34H38N2/c1-4-5-10-25(2)34-19-18-30(26(3)36-20-9-12-28-22-33(35)23-28)24-32(34)17-16-27-11-8-15-31(21-27)29-13-6-7-14-29/h4-5,8,10-11,15,18-19,21-25,29,36H,1,3,6-7,9,12-14,20,35H2,2H3/b10-5-. The van der Waals surface area contributed by atoms with Gasteiger partial charge in [0.15, 0.2) is 0 Å². The van der Waals surface area contributed by atoms with Crippen molar-refractivity contribution in [3.63, 3.8) is 0 Å². The minimum Gasteiger partial charge on any atom is -0.399 e. The fourth-order valence-corrected chi connectivity index (χ4v) is 5.06. The van der Waals surface area contributed by atoms with E-state index in [1.54, 1.807) is 0 Å². The average Bonchev–Trinajstić information content (AvgIpc) is 3.42. The Kier molecular flexibility index (Phi) is 8.69. The van der Waals surface area contributed by atoms with Crippen molar-refractivity contribution >= 4 is 5.70 Å². The van der Waals surface area contributed by atoms with E-state index in [1.807, 2.05) is 24.3 Å². The number of benzene rings is 2. The Hall–Kier alpha value is -3.70. The minimum absolute atomic E-state index is 0.239. The highest BCUT2D eigenvalue weighted by Gasteiger charge is 2.17. The van der Waals surface area contributed by atoms with Gasteiger partial charge in [0, 0.05) is 35.0 Å². The quantitative estimate of drug-likeness (QED) is 0.210. The van der Waals surface area contributed by atoms with Gasteiger partial charge in [-0.1, -0.05) is 87.3 Å². The molecule has 2 aliphatic carbocycles. The van der Waals surface area contributed by atoms with E-state index in [9.17, 15) is 0 Å². The van der Waals surface area contributed by atoms with Crippen LogP contribution in [0.25, 0.3) is 5.70 Å². The van der Waals surface area contributed by atoms with Crippen LogP contribution < -0.4 is 11.1 Å². The van der Waals surface area contributed by atoms with Crippen molar-refractivity contribution in [2.75, 3.05) is 6.54 Å². The van der Waals surface area contributed by atoms with Crippen molar-refractivity contribution in [2.24, 2.45) is 5.73 Å². The zero-order chi connectivity index (χ0) is 25.3. The number of nitrogens with two attached hydrogens (primary N) is 1. The van der Waals surface area contributed by atoms with Crippen LogP contribution in [0.5, 0.6) is 0 Å².